The van der Waals surface area contributed by atoms with Gasteiger partial charge in [-0.05, 0) is 44.4 Å². The fourth-order valence-electron chi connectivity index (χ4n) is 3.18. The molecule has 1 aromatic heterocycles. The van der Waals surface area contributed by atoms with Crippen molar-refractivity contribution in [3.05, 3.63) is 17.5 Å². The first-order chi connectivity index (χ1) is 11.1. The van der Waals surface area contributed by atoms with Crippen LogP contribution in [0.3, 0.4) is 0 Å². The Kier molecular flexibility index (Phi) is 6.22. The minimum atomic E-state index is -0.316. The number of thioether (sulfide) groups is 1. The van der Waals surface area contributed by atoms with E-state index in [1.807, 2.05) is 23.5 Å². The second-order valence-corrected chi connectivity index (χ2v) is 10.5. The Morgan fingerprint density at radius 1 is 1.21 bits per heavy atom. The summed E-state index contributed by atoms with van der Waals surface area (Å²) in [5.41, 5.74) is 2.10. The van der Waals surface area contributed by atoms with Crippen molar-refractivity contribution in [3.8, 4) is 0 Å². The molecule has 0 bridgehead atoms. The predicted octanol–water partition coefficient (Wildman–Crippen LogP) is 4.92. The summed E-state index contributed by atoms with van der Waals surface area (Å²) in [5.74, 6) is 2.24. The third kappa shape index (κ3) is 5.11. The molecule has 24 heavy (non-hydrogen) atoms. The molecule has 0 saturated heterocycles. The van der Waals surface area contributed by atoms with Crippen LogP contribution in [0, 0.1) is 5.92 Å². The van der Waals surface area contributed by atoms with Crippen LogP contribution in [0.15, 0.2) is 6.07 Å². The maximum Gasteiger partial charge on any atom is 0.154 e. The fourth-order valence-corrected chi connectivity index (χ4v) is 4.39. The number of nitrogens with zero attached hydrogens (tertiary/aromatic N) is 2. The largest absolute Gasteiger partial charge is 0.298 e. The Balaban J connectivity index is 1.96. The molecule has 2 rings (SSSR count). The molecule has 3 nitrogen and oxygen atoms in total. The quantitative estimate of drug-likeness (QED) is 0.730. The lowest BCUT2D eigenvalue weighted by Crippen LogP contribution is -2.31. The number of aromatic nitrogens is 2. The van der Waals surface area contributed by atoms with Crippen LogP contribution >= 0.6 is 11.8 Å². The Labute approximate surface area is 152 Å². The van der Waals surface area contributed by atoms with Crippen molar-refractivity contribution in [2.45, 2.75) is 83.3 Å². The summed E-state index contributed by atoms with van der Waals surface area (Å²) in [6, 6.07) is 2.10. The lowest BCUT2D eigenvalue weighted by molar-refractivity contribution is -0.120. The summed E-state index contributed by atoms with van der Waals surface area (Å²) >= 11 is 1.85. The Morgan fingerprint density at radius 3 is 2.38 bits per heavy atom. The summed E-state index contributed by atoms with van der Waals surface area (Å²) in [7, 11) is 1.94. The Hall–Kier alpha value is -0.770. The first-order valence-electron chi connectivity index (χ1n) is 9.30. The van der Waals surface area contributed by atoms with E-state index in [9.17, 15) is 4.79 Å². The molecule has 136 valence electrons. The smallest absolute Gasteiger partial charge is 0.154 e. The topological polar surface area (TPSA) is 34.9 Å². The first kappa shape index (κ1) is 19.6. The van der Waals surface area contributed by atoms with Crippen LogP contribution in [0.5, 0.6) is 0 Å². The standard InChI is InChI=1S/C20H34N2OS/c1-19(2,3)17-12-16(22(6)21-17)13-18(23)20(4,5)24-14-15-10-8-7-9-11-15/h12,15H,7-11,13-14H2,1-6H3. The SMILES string of the molecule is Cn1nc(C(C)(C)C)cc1CC(=O)C(C)(C)SCC1CCCCC1. The molecular formula is C20H34N2OS. The van der Waals surface area contributed by atoms with Crippen LogP contribution in [0.25, 0.3) is 0 Å². The maximum absolute atomic E-state index is 12.9. The molecule has 1 aromatic rings. The zero-order valence-electron chi connectivity index (χ0n) is 16.3. The van der Waals surface area contributed by atoms with E-state index in [0.717, 1.165) is 23.1 Å². The Bertz CT molecular complexity index is 563. The summed E-state index contributed by atoms with van der Waals surface area (Å²) in [6.45, 7) is 10.6. The maximum atomic E-state index is 12.9. The van der Waals surface area contributed by atoms with Crippen molar-refractivity contribution < 1.29 is 4.79 Å². The highest BCUT2D eigenvalue weighted by Crippen LogP contribution is 2.34. The first-order valence-corrected chi connectivity index (χ1v) is 10.3. The molecule has 0 aromatic carbocycles. The second-order valence-electron chi connectivity index (χ2n) is 8.82. The average molecular weight is 351 g/mol. The molecule has 4 heteroatoms. The van der Waals surface area contributed by atoms with Gasteiger partial charge in [0.1, 0.15) is 0 Å². The highest BCUT2D eigenvalue weighted by molar-refractivity contribution is 8.01. The molecule has 1 aliphatic carbocycles. The molecule has 0 aliphatic heterocycles. The number of carbonyl (C=O) groups is 1. The van der Waals surface area contributed by atoms with E-state index in [0.29, 0.717) is 12.2 Å². The number of aryl methyl sites for hydroxylation is 1. The van der Waals surface area contributed by atoms with Crippen molar-refractivity contribution >= 4 is 17.5 Å². The molecule has 0 unspecified atom stereocenters. The molecule has 1 heterocycles. The van der Waals surface area contributed by atoms with E-state index in [1.165, 1.54) is 32.1 Å². The molecule has 1 saturated carbocycles. The van der Waals surface area contributed by atoms with E-state index in [1.54, 1.807) is 0 Å². The predicted molar refractivity (Wildman–Crippen MR) is 104 cm³/mol. The van der Waals surface area contributed by atoms with Crippen molar-refractivity contribution in [1.29, 1.82) is 0 Å². The van der Waals surface area contributed by atoms with Crippen molar-refractivity contribution in [3.63, 3.8) is 0 Å². The van der Waals surface area contributed by atoms with Gasteiger partial charge in [0.15, 0.2) is 5.78 Å². The third-order valence-electron chi connectivity index (χ3n) is 5.16. The normalized spacial score (nSPS) is 17.2. The van der Waals surface area contributed by atoms with Gasteiger partial charge >= 0.3 is 0 Å². The van der Waals surface area contributed by atoms with Gasteiger partial charge in [-0.2, -0.15) is 5.10 Å². The van der Waals surface area contributed by atoms with Gasteiger partial charge < -0.3 is 0 Å². The number of hydrogen-bond donors (Lipinski definition) is 0. The summed E-state index contributed by atoms with van der Waals surface area (Å²) in [4.78, 5) is 12.9. The van der Waals surface area contributed by atoms with Crippen LogP contribution in [0.2, 0.25) is 0 Å². The van der Waals surface area contributed by atoms with Crippen LogP contribution in [-0.4, -0.2) is 26.1 Å². The van der Waals surface area contributed by atoms with Gasteiger partial charge in [-0.3, -0.25) is 9.48 Å². The van der Waals surface area contributed by atoms with Crippen LogP contribution < -0.4 is 0 Å². The molecule has 0 N–H and O–H groups in total. The lowest BCUT2D eigenvalue weighted by atomic mass is 9.91. The van der Waals surface area contributed by atoms with Gasteiger partial charge in [0.05, 0.1) is 10.4 Å². The summed E-state index contributed by atoms with van der Waals surface area (Å²) < 4.78 is 1.56. The van der Waals surface area contributed by atoms with E-state index < -0.39 is 0 Å². The second kappa shape index (κ2) is 7.63. The molecule has 1 fully saturated rings. The van der Waals surface area contributed by atoms with Gasteiger partial charge in [-0.15, -0.1) is 11.8 Å². The van der Waals surface area contributed by atoms with E-state index in [2.05, 4.69) is 45.8 Å². The van der Waals surface area contributed by atoms with E-state index >= 15 is 0 Å². The zero-order chi connectivity index (χ0) is 18.0. The monoisotopic (exact) mass is 350 g/mol. The van der Waals surface area contributed by atoms with Crippen LogP contribution in [0.4, 0.5) is 0 Å². The number of carbonyl (C=O) groups excluding carboxylic acids is 1. The minimum Gasteiger partial charge on any atom is -0.298 e. The summed E-state index contributed by atoms with van der Waals surface area (Å²) in [6.07, 6.45) is 7.28. The third-order valence-corrected chi connectivity index (χ3v) is 6.75. The molecule has 0 spiro atoms. The molecular weight excluding hydrogens is 316 g/mol. The van der Waals surface area contributed by atoms with E-state index in [4.69, 9.17) is 0 Å². The van der Waals surface area contributed by atoms with Gasteiger partial charge in [0, 0.05) is 24.6 Å². The van der Waals surface area contributed by atoms with Gasteiger partial charge in [0.2, 0.25) is 0 Å². The van der Waals surface area contributed by atoms with Gasteiger partial charge in [-0.25, -0.2) is 0 Å². The highest BCUT2D eigenvalue weighted by Gasteiger charge is 2.30. The van der Waals surface area contributed by atoms with Gasteiger partial charge in [-0.1, -0.05) is 40.0 Å². The van der Waals surface area contributed by atoms with E-state index in [-0.39, 0.29) is 10.2 Å². The van der Waals surface area contributed by atoms with Crippen molar-refractivity contribution in [2.75, 3.05) is 5.75 Å². The number of rotatable bonds is 6. The number of Topliss-reactive ketones (excluding diaryl/α,β-unsaturated/α-hetero) is 1. The minimum absolute atomic E-state index is 0.0182. The van der Waals surface area contributed by atoms with Gasteiger partial charge in [0.25, 0.3) is 0 Å². The zero-order valence-corrected chi connectivity index (χ0v) is 17.1. The molecule has 0 radical (unpaired) electrons. The highest BCUT2D eigenvalue weighted by atomic mass is 32.2. The lowest BCUT2D eigenvalue weighted by Gasteiger charge is -2.27. The number of ketones is 1. The Morgan fingerprint density at radius 2 is 1.83 bits per heavy atom. The fraction of sp³-hybridized carbons (Fsp3) is 0.800. The molecule has 0 amide bonds. The molecule has 0 atom stereocenters. The van der Waals surface area contributed by atoms with Crippen LogP contribution in [0.1, 0.15) is 78.1 Å². The number of hydrogen-bond acceptors (Lipinski definition) is 3. The van der Waals surface area contributed by atoms with Crippen molar-refractivity contribution in [2.24, 2.45) is 13.0 Å². The average Bonchev–Trinajstić information content (AvgIpc) is 2.88. The molecule has 1 aliphatic rings. The van der Waals surface area contributed by atoms with Crippen molar-refractivity contribution in [1.82, 2.24) is 9.78 Å². The van der Waals surface area contributed by atoms with Crippen LogP contribution in [-0.2, 0) is 23.7 Å². The summed E-state index contributed by atoms with van der Waals surface area (Å²) in [5, 5.41) is 4.59.